The Morgan fingerprint density at radius 2 is 1.81 bits per heavy atom. The van der Waals surface area contributed by atoms with E-state index < -0.39 is 17.9 Å². The molecule has 1 aromatic rings. The van der Waals surface area contributed by atoms with Gasteiger partial charge in [0.1, 0.15) is 11.4 Å². The second-order valence-corrected chi connectivity index (χ2v) is 7.04. The van der Waals surface area contributed by atoms with Gasteiger partial charge >= 0.3 is 11.9 Å². The van der Waals surface area contributed by atoms with E-state index in [2.05, 4.69) is 0 Å². The Bertz CT molecular complexity index is 619. The van der Waals surface area contributed by atoms with E-state index in [1.165, 1.54) is 20.3 Å². The maximum absolute atomic E-state index is 11.9. The van der Waals surface area contributed by atoms with E-state index in [1.54, 1.807) is 12.1 Å². The van der Waals surface area contributed by atoms with E-state index in [1.807, 2.05) is 20.8 Å². The van der Waals surface area contributed by atoms with E-state index in [0.29, 0.717) is 31.6 Å². The molecule has 0 aliphatic heterocycles. The predicted molar refractivity (Wildman–Crippen MR) is 99.6 cm³/mol. The van der Waals surface area contributed by atoms with Crippen LogP contribution in [0.1, 0.15) is 68.7 Å². The van der Waals surface area contributed by atoms with Gasteiger partial charge in [-0.15, -0.1) is 0 Å². The third kappa shape index (κ3) is 7.97. The molecule has 152 valence electrons. The minimum absolute atomic E-state index is 0.189. The summed E-state index contributed by atoms with van der Waals surface area (Å²) in [5, 5.41) is 10.1. The molecule has 0 aliphatic rings. The highest BCUT2D eigenvalue weighted by Gasteiger charge is 2.22. The van der Waals surface area contributed by atoms with E-state index >= 15 is 0 Å². The van der Waals surface area contributed by atoms with E-state index in [4.69, 9.17) is 18.9 Å². The van der Waals surface area contributed by atoms with Crippen LogP contribution < -0.4 is 4.74 Å². The van der Waals surface area contributed by atoms with Crippen molar-refractivity contribution < 1.29 is 33.6 Å². The number of unbranched alkanes of at least 4 members (excludes halogenated alkanes) is 2. The summed E-state index contributed by atoms with van der Waals surface area (Å²) in [6.45, 7) is 5.90. The quantitative estimate of drug-likeness (QED) is 0.377. The van der Waals surface area contributed by atoms with Crippen molar-refractivity contribution in [1.82, 2.24) is 0 Å². The highest BCUT2D eigenvalue weighted by molar-refractivity contribution is 5.92. The lowest BCUT2D eigenvalue weighted by molar-refractivity contribution is -0.154. The van der Waals surface area contributed by atoms with Gasteiger partial charge in [-0.25, -0.2) is 4.79 Å². The van der Waals surface area contributed by atoms with Crippen LogP contribution in [0.25, 0.3) is 0 Å². The topological polar surface area (TPSA) is 91.3 Å². The van der Waals surface area contributed by atoms with Crippen LogP contribution >= 0.6 is 0 Å². The molecule has 0 radical (unpaired) electrons. The lowest BCUT2D eigenvalue weighted by atomic mass is 10.1. The highest BCUT2D eigenvalue weighted by Crippen LogP contribution is 2.30. The standard InChI is InChI=1S/C20H30O7/c1-20(2,3)27-16(21)12-7-6-8-13-26-15-11-9-10-14(18(22)24-4)17(15)19(23)25-5/h9-11,19,23H,6-8,12-13H2,1-5H3. The Kier molecular flexibility index (Phi) is 9.25. The zero-order chi connectivity index (χ0) is 20.4. The maximum Gasteiger partial charge on any atom is 0.338 e. The monoisotopic (exact) mass is 382 g/mol. The molecule has 27 heavy (non-hydrogen) atoms. The molecule has 0 fully saturated rings. The van der Waals surface area contributed by atoms with Crippen molar-refractivity contribution in [3.63, 3.8) is 0 Å². The van der Waals surface area contributed by atoms with Crippen molar-refractivity contribution in [3.8, 4) is 5.75 Å². The normalized spacial score (nSPS) is 12.4. The van der Waals surface area contributed by atoms with Gasteiger partial charge in [0, 0.05) is 13.5 Å². The van der Waals surface area contributed by atoms with E-state index in [0.717, 1.165) is 6.42 Å². The first-order chi connectivity index (χ1) is 12.7. The average Bonchev–Trinajstić information content (AvgIpc) is 2.61. The molecule has 0 amide bonds. The summed E-state index contributed by atoms with van der Waals surface area (Å²) >= 11 is 0. The van der Waals surface area contributed by atoms with Crippen LogP contribution in [0.15, 0.2) is 18.2 Å². The zero-order valence-electron chi connectivity index (χ0n) is 16.7. The van der Waals surface area contributed by atoms with Gasteiger partial charge in [0.2, 0.25) is 0 Å². The smallest absolute Gasteiger partial charge is 0.338 e. The number of benzene rings is 1. The number of hydrogen-bond acceptors (Lipinski definition) is 7. The number of carbonyl (C=O) groups excluding carboxylic acids is 2. The molecule has 1 N–H and O–H groups in total. The zero-order valence-corrected chi connectivity index (χ0v) is 16.7. The number of carbonyl (C=O) groups is 2. The fourth-order valence-electron chi connectivity index (χ4n) is 2.45. The Hall–Kier alpha value is -2.12. The second-order valence-electron chi connectivity index (χ2n) is 7.04. The maximum atomic E-state index is 11.9. The fourth-order valence-corrected chi connectivity index (χ4v) is 2.45. The first-order valence-electron chi connectivity index (χ1n) is 8.96. The summed E-state index contributed by atoms with van der Waals surface area (Å²) < 4.78 is 20.7. The van der Waals surface area contributed by atoms with Crippen molar-refractivity contribution in [2.45, 2.75) is 58.3 Å². The number of aliphatic hydroxyl groups excluding tert-OH is 1. The molecular weight excluding hydrogens is 352 g/mol. The number of esters is 2. The van der Waals surface area contributed by atoms with Gasteiger partial charge in [-0.1, -0.05) is 6.07 Å². The van der Waals surface area contributed by atoms with Crippen LogP contribution in [0.4, 0.5) is 0 Å². The van der Waals surface area contributed by atoms with Crippen molar-refractivity contribution >= 4 is 11.9 Å². The fraction of sp³-hybridized carbons (Fsp3) is 0.600. The summed E-state index contributed by atoms with van der Waals surface area (Å²) in [6.07, 6.45) is 1.27. The summed E-state index contributed by atoms with van der Waals surface area (Å²) in [5.41, 5.74) is -0.0430. The average molecular weight is 382 g/mol. The predicted octanol–water partition coefficient (Wildman–Crippen LogP) is 3.39. The molecule has 7 nitrogen and oxygen atoms in total. The lowest BCUT2D eigenvalue weighted by Crippen LogP contribution is -2.23. The number of rotatable bonds is 10. The van der Waals surface area contributed by atoms with Crippen molar-refractivity contribution in [1.29, 1.82) is 0 Å². The van der Waals surface area contributed by atoms with Crippen LogP contribution in [0, 0.1) is 0 Å². The van der Waals surface area contributed by atoms with Gasteiger partial charge in [0.05, 0.1) is 24.8 Å². The molecule has 0 saturated heterocycles. The minimum Gasteiger partial charge on any atom is -0.493 e. The summed E-state index contributed by atoms with van der Waals surface area (Å²) in [6, 6.07) is 4.85. The summed E-state index contributed by atoms with van der Waals surface area (Å²) in [5.74, 6) is -0.428. The highest BCUT2D eigenvalue weighted by atomic mass is 16.6. The molecule has 0 heterocycles. The Morgan fingerprint density at radius 1 is 1.11 bits per heavy atom. The molecule has 1 aromatic carbocycles. The van der Waals surface area contributed by atoms with Gasteiger partial charge in [0.25, 0.3) is 0 Å². The molecule has 1 unspecified atom stereocenters. The van der Waals surface area contributed by atoms with E-state index in [-0.39, 0.29) is 17.1 Å². The molecule has 0 bridgehead atoms. The molecule has 7 heteroatoms. The molecule has 0 aromatic heterocycles. The van der Waals surface area contributed by atoms with Crippen molar-refractivity contribution in [2.75, 3.05) is 20.8 Å². The summed E-state index contributed by atoms with van der Waals surface area (Å²) in [4.78, 5) is 23.6. The van der Waals surface area contributed by atoms with Crippen LogP contribution in [0.3, 0.4) is 0 Å². The SMILES string of the molecule is COC(=O)c1cccc(OCCCCCC(=O)OC(C)(C)C)c1C(O)OC. The van der Waals surface area contributed by atoms with Crippen molar-refractivity contribution in [2.24, 2.45) is 0 Å². The van der Waals surface area contributed by atoms with Gasteiger partial charge < -0.3 is 24.1 Å². The van der Waals surface area contributed by atoms with Crippen LogP contribution in [0.2, 0.25) is 0 Å². The molecule has 0 saturated carbocycles. The van der Waals surface area contributed by atoms with Crippen molar-refractivity contribution in [3.05, 3.63) is 29.3 Å². The van der Waals surface area contributed by atoms with E-state index in [9.17, 15) is 14.7 Å². The van der Waals surface area contributed by atoms with Gasteiger partial charge in [0.15, 0.2) is 6.29 Å². The van der Waals surface area contributed by atoms with Gasteiger partial charge in [-0.05, 0) is 52.2 Å². The number of methoxy groups -OCH3 is 2. The van der Waals surface area contributed by atoms with Crippen LogP contribution in [0.5, 0.6) is 5.75 Å². The molecule has 1 rings (SSSR count). The molecule has 0 aliphatic carbocycles. The largest absolute Gasteiger partial charge is 0.493 e. The lowest BCUT2D eigenvalue weighted by Gasteiger charge is -2.19. The van der Waals surface area contributed by atoms with Crippen LogP contribution in [-0.4, -0.2) is 43.5 Å². The third-order valence-corrected chi connectivity index (χ3v) is 3.64. The van der Waals surface area contributed by atoms with Gasteiger partial charge in [-0.2, -0.15) is 0 Å². The van der Waals surface area contributed by atoms with Crippen LogP contribution in [-0.2, 0) is 19.0 Å². The molecule has 1 atom stereocenters. The summed E-state index contributed by atoms with van der Waals surface area (Å²) in [7, 11) is 2.60. The number of ether oxygens (including phenoxy) is 4. The molecule has 0 spiro atoms. The first kappa shape index (κ1) is 22.9. The Morgan fingerprint density at radius 3 is 2.41 bits per heavy atom. The Balaban J connectivity index is 2.55. The number of hydrogen-bond donors (Lipinski definition) is 1. The van der Waals surface area contributed by atoms with Gasteiger partial charge in [-0.3, -0.25) is 4.79 Å². The molecular formula is C20H30O7. The number of aliphatic hydroxyl groups is 1. The second kappa shape index (κ2) is 10.9. The Labute approximate surface area is 160 Å². The first-order valence-corrected chi connectivity index (χ1v) is 8.96. The third-order valence-electron chi connectivity index (χ3n) is 3.64. The minimum atomic E-state index is -1.30.